The van der Waals surface area contributed by atoms with Crippen molar-refractivity contribution in [3.8, 4) is 0 Å². The molecule has 256 valence electrons. The van der Waals surface area contributed by atoms with E-state index in [1.165, 1.54) is 4.90 Å². The van der Waals surface area contributed by atoms with E-state index in [0.717, 1.165) is 0 Å². The van der Waals surface area contributed by atoms with E-state index in [1.54, 1.807) is 19.1 Å². The first-order valence-corrected chi connectivity index (χ1v) is 17.0. The highest BCUT2D eigenvalue weighted by molar-refractivity contribution is 5.99. The lowest BCUT2D eigenvalue weighted by atomic mass is 9.77. The summed E-state index contributed by atoms with van der Waals surface area (Å²) in [5.41, 5.74) is -1.41. The van der Waals surface area contributed by atoms with Gasteiger partial charge in [-0.1, -0.05) is 82.3 Å². The van der Waals surface area contributed by atoms with Gasteiger partial charge >= 0.3 is 5.97 Å². The molecule has 1 aromatic rings. The van der Waals surface area contributed by atoms with Gasteiger partial charge in [0.15, 0.2) is 0 Å². The highest BCUT2D eigenvalue weighted by Crippen LogP contribution is 2.54. The summed E-state index contributed by atoms with van der Waals surface area (Å²) in [5.74, 6) is -3.62. The third-order valence-electron chi connectivity index (χ3n) is 10.1. The van der Waals surface area contributed by atoms with Crippen molar-refractivity contribution in [2.75, 3.05) is 13.2 Å². The van der Waals surface area contributed by atoms with Crippen LogP contribution in [0.15, 0.2) is 54.6 Å². The standard InChI is InChI=1S/C37H51N3O7/c1-8-25(21-41)40-31-33(44)39(36(6,7)22-35(3,4)5)20-14-19-37(31)29(32(40)43)28-26(47-37)17-12-13-18-27(42)38-23(2)30(46-34(28)45)24-15-10-9-11-16-24/h9-12,14-17,19,23,25-26,28-31,41H,8,13,18,20-22H2,1-7H3,(H,38,42)/b17-12-/t23-,25+,26-,28+,29+,30+,31-,37+/m1/s1. The van der Waals surface area contributed by atoms with Crippen molar-refractivity contribution in [2.45, 2.75) is 116 Å². The Hall–Kier alpha value is -3.50. The summed E-state index contributed by atoms with van der Waals surface area (Å²) in [4.78, 5) is 60.1. The number of nitrogens with zero attached hydrogens (tertiary/aromatic N) is 2. The maximum atomic E-state index is 14.9. The number of hydrogen-bond donors (Lipinski definition) is 2. The molecule has 5 rings (SSSR count). The molecule has 2 saturated heterocycles. The molecule has 4 heterocycles. The Kier molecular flexibility index (Phi) is 9.77. The Bertz CT molecular complexity index is 1410. The minimum Gasteiger partial charge on any atom is -0.455 e. The van der Waals surface area contributed by atoms with E-state index >= 15 is 0 Å². The number of rotatable bonds is 6. The summed E-state index contributed by atoms with van der Waals surface area (Å²) in [7, 11) is 0. The van der Waals surface area contributed by atoms with Crippen molar-refractivity contribution < 1.29 is 33.8 Å². The second-order valence-electron chi connectivity index (χ2n) is 15.3. The third-order valence-corrected chi connectivity index (χ3v) is 10.1. The molecule has 0 unspecified atom stereocenters. The summed E-state index contributed by atoms with van der Waals surface area (Å²) in [6, 6.07) is 6.92. The summed E-state index contributed by atoms with van der Waals surface area (Å²) in [6.45, 7) is 14.1. The minimum atomic E-state index is -1.47. The second-order valence-corrected chi connectivity index (χ2v) is 15.3. The van der Waals surface area contributed by atoms with Crippen LogP contribution in [0.1, 0.15) is 85.8 Å². The number of carbonyl (C=O) groups is 4. The molecular formula is C37H51N3O7. The van der Waals surface area contributed by atoms with Crippen LogP contribution in [-0.4, -0.2) is 87.1 Å². The number of likely N-dealkylation sites (tertiary alicyclic amines) is 1. The first kappa shape index (κ1) is 34.8. The number of cyclic esters (lactones) is 1. The lowest BCUT2D eigenvalue weighted by Crippen LogP contribution is -2.61. The predicted octanol–water partition coefficient (Wildman–Crippen LogP) is 4.09. The molecule has 1 spiro atoms. The van der Waals surface area contributed by atoms with Crippen LogP contribution < -0.4 is 5.32 Å². The number of hydrogen-bond acceptors (Lipinski definition) is 7. The van der Waals surface area contributed by atoms with Crippen molar-refractivity contribution >= 4 is 23.7 Å². The molecule has 10 heteroatoms. The van der Waals surface area contributed by atoms with Gasteiger partial charge in [0.2, 0.25) is 17.7 Å². The maximum absolute atomic E-state index is 14.9. The highest BCUT2D eigenvalue weighted by atomic mass is 16.6. The first-order valence-electron chi connectivity index (χ1n) is 17.0. The van der Waals surface area contributed by atoms with Gasteiger partial charge in [-0.25, -0.2) is 0 Å². The topological polar surface area (TPSA) is 125 Å². The molecule has 10 nitrogen and oxygen atoms in total. The van der Waals surface area contributed by atoms with Crippen molar-refractivity contribution in [2.24, 2.45) is 17.3 Å². The van der Waals surface area contributed by atoms with Crippen molar-refractivity contribution in [3.63, 3.8) is 0 Å². The Labute approximate surface area is 278 Å². The number of nitrogens with one attached hydrogen (secondary N) is 1. The maximum Gasteiger partial charge on any atom is 0.313 e. The van der Waals surface area contributed by atoms with Gasteiger partial charge < -0.3 is 29.7 Å². The fourth-order valence-corrected chi connectivity index (χ4v) is 8.39. The van der Waals surface area contributed by atoms with E-state index in [9.17, 15) is 24.3 Å². The van der Waals surface area contributed by atoms with E-state index in [-0.39, 0.29) is 30.3 Å². The van der Waals surface area contributed by atoms with E-state index < -0.39 is 65.2 Å². The van der Waals surface area contributed by atoms with Gasteiger partial charge in [-0.05, 0) is 51.0 Å². The number of aliphatic hydroxyl groups excluding tert-OH is 1. The van der Waals surface area contributed by atoms with E-state index in [4.69, 9.17) is 9.47 Å². The zero-order chi connectivity index (χ0) is 34.3. The summed E-state index contributed by atoms with van der Waals surface area (Å²) >= 11 is 0. The average Bonchev–Trinajstić information content (AvgIpc) is 3.38. The second kappa shape index (κ2) is 13.2. The lowest BCUT2D eigenvalue weighted by molar-refractivity contribution is -0.162. The SMILES string of the molecule is CC[C@@H](CO)N1C(=O)[C@@H]2[C@H]3C(=O)O[C@H](c4ccccc4)[C@@H](C)NC(=O)CC/C=C\[C@H]3O[C@@]23C=CCN(C(C)(C)CC(C)(C)C)C(=O)[C@@H]13. The monoisotopic (exact) mass is 649 g/mol. The average molecular weight is 650 g/mol. The first-order chi connectivity index (χ1) is 22.1. The largest absolute Gasteiger partial charge is 0.455 e. The van der Waals surface area contributed by atoms with Crippen LogP contribution in [0.3, 0.4) is 0 Å². The zero-order valence-electron chi connectivity index (χ0n) is 28.8. The normalized spacial score (nSPS) is 33.1. The van der Waals surface area contributed by atoms with Gasteiger partial charge in [-0.3, -0.25) is 19.2 Å². The predicted molar refractivity (Wildman–Crippen MR) is 177 cm³/mol. The van der Waals surface area contributed by atoms with Crippen LogP contribution in [0.5, 0.6) is 0 Å². The number of aliphatic hydroxyl groups is 1. The Balaban J connectivity index is 1.63. The molecular weight excluding hydrogens is 598 g/mol. The number of amides is 3. The van der Waals surface area contributed by atoms with Crippen LogP contribution in [0, 0.1) is 17.3 Å². The van der Waals surface area contributed by atoms with Crippen molar-refractivity contribution in [1.82, 2.24) is 15.1 Å². The molecule has 0 radical (unpaired) electrons. The number of fused-ring (bicyclic) bond motifs is 2. The molecule has 3 amide bonds. The van der Waals surface area contributed by atoms with Crippen LogP contribution in [0.4, 0.5) is 0 Å². The van der Waals surface area contributed by atoms with Gasteiger partial charge in [0.05, 0.1) is 30.7 Å². The Morgan fingerprint density at radius 3 is 2.38 bits per heavy atom. The van der Waals surface area contributed by atoms with Crippen LogP contribution in [0.2, 0.25) is 0 Å². The summed E-state index contributed by atoms with van der Waals surface area (Å²) in [6.07, 6.45) is 7.27. The lowest BCUT2D eigenvalue weighted by Gasteiger charge is -2.45. The number of benzene rings is 1. The summed E-state index contributed by atoms with van der Waals surface area (Å²) < 4.78 is 13.1. The van der Waals surface area contributed by atoms with Gasteiger partial charge in [0.25, 0.3) is 0 Å². The van der Waals surface area contributed by atoms with Crippen molar-refractivity contribution in [3.05, 3.63) is 60.2 Å². The molecule has 0 saturated carbocycles. The minimum absolute atomic E-state index is 0.0801. The molecule has 0 aromatic heterocycles. The van der Waals surface area contributed by atoms with Crippen molar-refractivity contribution in [1.29, 1.82) is 0 Å². The van der Waals surface area contributed by atoms with E-state index in [1.807, 2.05) is 68.2 Å². The van der Waals surface area contributed by atoms with Gasteiger partial charge in [-0.2, -0.15) is 0 Å². The number of carbonyl (C=O) groups excluding carboxylic acids is 4. The van der Waals surface area contributed by atoms with Crippen LogP contribution >= 0.6 is 0 Å². The molecule has 0 aliphatic carbocycles. The fraction of sp³-hybridized carbons (Fsp3) is 0.622. The Morgan fingerprint density at radius 1 is 1.04 bits per heavy atom. The molecule has 47 heavy (non-hydrogen) atoms. The zero-order valence-corrected chi connectivity index (χ0v) is 28.8. The van der Waals surface area contributed by atoms with Crippen LogP contribution in [0.25, 0.3) is 0 Å². The van der Waals surface area contributed by atoms with Gasteiger partial charge in [0, 0.05) is 18.5 Å². The number of esters is 1. The fourth-order valence-electron chi connectivity index (χ4n) is 8.39. The molecule has 2 N–H and O–H groups in total. The molecule has 0 bridgehead atoms. The van der Waals surface area contributed by atoms with Gasteiger partial charge in [0.1, 0.15) is 23.7 Å². The molecule has 4 aliphatic heterocycles. The molecule has 1 aromatic carbocycles. The Morgan fingerprint density at radius 2 is 1.74 bits per heavy atom. The third kappa shape index (κ3) is 6.51. The van der Waals surface area contributed by atoms with Gasteiger partial charge in [-0.15, -0.1) is 0 Å². The molecule has 4 aliphatic rings. The highest BCUT2D eigenvalue weighted by Gasteiger charge is 2.73. The quantitative estimate of drug-likeness (QED) is 0.351. The number of allylic oxidation sites excluding steroid dienone is 1. The van der Waals surface area contributed by atoms with E-state index in [2.05, 4.69) is 26.1 Å². The summed E-state index contributed by atoms with van der Waals surface area (Å²) in [5, 5.41) is 13.4. The molecule has 2 fully saturated rings. The smallest absolute Gasteiger partial charge is 0.313 e. The van der Waals surface area contributed by atoms with Crippen LogP contribution in [-0.2, 0) is 28.7 Å². The molecule has 8 atom stereocenters. The van der Waals surface area contributed by atoms with E-state index in [0.29, 0.717) is 31.4 Å². The number of ether oxygens (including phenoxy) is 2.